The predicted molar refractivity (Wildman–Crippen MR) is 97.9 cm³/mol. The highest BCUT2D eigenvalue weighted by Gasteiger charge is 2.37. The van der Waals surface area contributed by atoms with Crippen LogP contribution in [0.1, 0.15) is 51.4 Å². The van der Waals surface area contributed by atoms with E-state index in [-0.39, 0.29) is 30.6 Å². The third-order valence-electron chi connectivity index (χ3n) is 5.92. The number of methoxy groups -OCH3 is 1. The fourth-order valence-electron chi connectivity index (χ4n) is 4.53. The van der Waals surface area contributed by atoms with Gasteiger partial charge in [-0.05, 0) is 32.1 Å². The van der Waals surface area contributed by atoms with Gasteiger partial charge in [-0.2, -0.15) is 0 Å². The van der Waals surface area contributed by atoms with E-state index in [1.807, 2.05) is 9.80 Å². The third-order valence-corrected chi connectivity index (χ3v) is 5.92. The van der Waals surface area contributed by atoms with E-state index in [9.17, 15) is 9.59 Å². The van der Waals surface area contributed by atoms with Crippen LogP contribution in [0.2, 0.25) is 0 Å². The number of hydrogen-bond acceptors (Lipinski definition) is 4. The highest BCUT2D eigenvalue weighted by atomic mass is 16.5. The van der Waals surface area contributed by atoms with Crippen LogP contribution in [0, 0.1) is 0 Å². The summed E-state index contributed by atoms with van der Waals surface area (Å²) in [6.07, 6.45) is 8.42. The Morgan fingerprint density at radius 1 is 1.08 bits per heavy atom. The summed E-state index contributed by atoms with van der Waals surface area (Å²) in [5.41, 5.74) is 0. The van der Waals surface area contributed by atoms with Crippen LogP contribution in [0.25, 0.3) is 0 Å². The lowest BCUT2D eigenvalue weighted by atomic mass is 9.96. The van der Waals surface area contributed by atoms with Crippen molar-refractivity contribution in [3.63, 3.8) is 0 Å². The summed E-state index contributed by atoms with van der Waals surface area (Å²) in [5.74, 6) is 0.0268. The molecular formula is C19H33N3O4. The highest BCUT2D eigenvalue weighted by Crippen LogP contribution is 2.24. The minimum Gasteiger partial charge on any atom is -0.381 e. The molecule has 0 aromatic heterocycles. The van der Waals surface area contributed by atoms with Crippen molar-refractivity contribution in [3.8, 4) is 0 Å². The summed E-state index contributed by atoms with van der Waals surface area (Å²) in [6.45, 7) is 2.82. The number of ether oxygens (including phenoxy) is 2. The number of likely N-dealkylation sites (tertiary alicyclic amines) is 1. The summed E-state index contributed by atoms with van der Waals surface area (Å²) >= 11 is 0. The molecule has 0 aromatic carbocycles. The molecule has 0 bridgehead atoms. The van der Waals surface area contributed by atoms with Gasteiger partial charge in [0.15, 0.2) is 0 Å². The first-order valence-corrected chi connectivity index (χ1v) is 10.1. The predicted octanol–water partition coefficient (Wildman–Crippen LogP) is 1.76. The third kappa shape index (κ3) is 4.88. The van der Waals surface area contributed by atoms with Crippen LogP contribution in [0.3, 0.4) is 0 Å². The molecule has 2 heterocycles. The summed E-state index contributed by atoms with van der Waals surface area (Å²) in [6, 6.07) is 0.623. The normalized spacial score (nSPS) is 25.3. The lowest BCUT2D eigenvalue weighted by molar-refractivity contribution is -0.142. The monoisotopic (exact) mass is 367 g/mol. The molecule has 148 valence electrons. The van der Waals surface area contributed by atoms with Crippen LogP contribution in [0.5, 0.6) is 0 Å². The summed E-state index contributed by atoms with van der Waals surface area (Å²) < 4.78 is 10.5. The lowest BCUT2D eigenvalue weighted by Gasteiger charge is -2.38. The molecule has 1 atom stereocenters. The van der Waals surface area contributed by atoms with E-state index in [0.717, 1.165) is 32.1 Å². The number of amides is 3. The molecule has 1 N–H and O–H groups in total. The fraction of sp³-hybridized carbons (Fsp3) is 0.895. The Bertz CT molecular complexity index is 475. The van der Waals surface area contributed by atoms with E-state index in [2.05, 4.69) is 5.32 Å². The van der Waals surface area contributed by atoms with Gasteiger partial charge in [-0.15, -0.1) is 0 Å². The second-order valence-electron chi connectivity index (χ2n) is 7.75. The van der Waals surface area contributed by atoms with Crippen LogP contribution in [0.15, 0.2) is 0 Å². The van der Waals surface area contributed by atoms with Crippen molar-refractivity contribution in [2.45, 2.75) is 69.5 Å². The first-order valence-electron chi connectivity index (χ1n) is 10.1. The molecule has 0 radical (unpaired) electrons. The summed E-state index contributed by atoms with van der Waals surface area (Å²) in [5, 5.41) is 3.19. The Morgan fingerprint density at radius 2 is 1.81 bits per heavy atom. The SMILES string of the molecule is COCC(=O)N(C1CCOCC1)C1CCN(C(=O)NC2CCCCC2)C1. The number of hydrogen-bond donors (Lipinski definition) is 1. The number of carbonyl (C=O) groups excluding carboxylic acids is 2. The molecule has 2 aliphatic heterocycles. The van der Waals surface area contributed by atoms with E-state index in [4.69, 9.17) is 9.47 Å². The highest BCUT2D eigenvalue weighted by molar-refractivity contribution is 5.79. The number of nitrogens with zero attached hydrogens (tertiary/aromatic N) is 2. The first kappa shape index (κ1) is 19.4. The maximum absolute atomic E-state index is 12.7. The van der Waals surface area contributed by atoms with Gasteiger partial charge in [-0.3, -0.25) is 4.79 Å². The number of nitrogens with one attached hydrogen (secondary N) is 1. The quantitative estimate of drug-likeness (QED) is 0.804. The maximum Gasteiger partial charge on any atom is 0.317 e. The van der Waals surface area contributed by atoms with Crippen molar-refractivity contribution in [3.05, 3.63) is 0 Å². The van der Waals surface area contributed by atoms with Crippen molar-refractivity contribution >= 4 is 11.9 Å². The number of carbonyl (C=O) groups is 2. The van der Waals surface area contributed by atoms with Gasteiger partial charge in [-0.25, -0.2) is 4.79 Å². The van der Waals surface area contributed by atoms with Gasteiger partial charge in [-0.1, -0.05) is 19.3 Å². The Labute approximate surface area is 156 Å². The van der Waals surface area contributed by atoms with Gasteiger partial charge in [0.2, 0.25) is 5.91 Å². The molecule has 7 heteroatoms. The molecule has 1 saturated carbocycles. The van der Waals surface area contributed by atoms with E-state index >= 15 is 0 Å². The van der Waals surface area contributed by atoms with Gasteiger partial charge in [0.25, 0.3) is 0 Å². The average Bonchev–Trinajstić information content (AvgIpc) is 3.14. The second kappa shape index (κ2) is 9.55. The average molecular weight is 367 g/mol. The topological polar surface area (TPSA) is 71.1 Å². The van der Waals surface area contributed by atoms with Crippen LogP contribution in [-0.2, 0) is 14.3 Å². The Kier molecular flexibility index (Phi) is 7.14. The van der Waals surface area contributed by atoms with E-state index in [0.29, 0.717) is 32.3 Å². The number of urea groups is 1. The first-order chi connectivity index (χ1) is 12.7. The molecule has 2 saturated heterocycles. The summed E-state index contributed by atoms with van der Waals surface area (Å²) in [4.78, 5) is 29.2. The van der Waals surface area contributed by atoms with Crippen molar-refractivity contribution < 1.29 is 19.1 Å². The number of rotatable bonds is 5. The Hall–Kier alpha value is -1.34. The van der Waals surface area contributed by atoms with Crippen LogP contribution in [0.4, 0.5) is 4.79 Å². The molecule has 3 amide bonds. The second-order valence-corrected chi connectivity index (χ2v) is 7.75. The smallest absolute Gasteiger partial charge is 0.317 e. The zero-order chi connectivity index (χ0) is 18.4. The van der Waals surface area contributed by atoms with Crippen LogP contribution < -0.4 is 5.32 Å². The Balaban J connectivity index is 1.57. The van der Waals surface area contributed by atoms with E-state index in [1.165, 1.54) is 19.3 Å². The van der Waals surface area contributed by atoms with E-state index in [1.54, 1.807) is 7.11 Å². The Morgan fingerprint density at radius 3 is 2.50 bits per heavy atom. The van der Waals surface area contributed by atoms with Crippen molar-refractivity contribution in [1.82, 2.24) is 15.1 Å². The minimum absolute atomic E-state index is 0.0268. The van der Waals surface area contributed by atoms with Crippen molar-refractivity contribution in [2.75, 3.05) is 40.0 Å². The van der Waals surface area contributed by atoms with Crippen LogP contribution >= 0.6 is 0 Å². The van der Waals surface area contributed by atoms with E-state index < -0.39 is 0 Å². The molecule has 0 aromatic rings. The molecule has 1 aliphatic carbocycles. The molecule has 1 unspecified atom stereocenters. The van der Waals surface area contributed by atoms with Crippen molar-refractivity contribution in [1.29, 1.82) is 0 Å². The maximum atomic E-state index is 12.7. The minimum atomic E-state index is 0.0268. The molecule has 3 rings (SSSR count). The molecule has 0 spiro atoms. The van der Waals surface area contributed by atoms with Gasteiger partial charge in [0.05, 0.1) is 6.04 Å². The lowest BCUT2D eigenvalue weighted by Crippen LogP contribution is -2.52. The largest absolute Gasteiger partial charge is 0.381 e. The fourth-order valence-corrected chi connectivity index (χ4v) is 4.53. The van der Waals surface area contributed by atoms with Gasteiger partial charge in [0.1, 0.15) is 6.61 Å². The van der Waals surface area contributed by atoms with Crippen LogP contribution in [-0.4, -0.2) is 79.9 Å². The van der Waals surface area contributed by atoms with Gasteiger partial charge in [0, 0.05) is 45.5 Å². The van der Waals surface area contributed by atoms with Gasteiger partial charge >= 0.3 is 6.03 Å². The standard InChI is InChI=1S/C19H33N3O4/c1-25-14-18(23)22(16-8-11-26-12-9-16)17-7-10-21(13-17)19(24)20-15-5-3-2-4-6-15/h15-17H,2-14H2,1H3,(H,20,24). The molecule has 7 nitrogen and oxygen atoms in total. The molecule has 26 heavy (non-hydrogen) atoms. The molecule has 3 aliphatic rings. The molecule has 3 fully saturated rings. The summed E-state index contributed by atoms with van der Waals surface area (Å²) in [7, 11) is 1.55. The zero-order valence-electron chi connectivity index (χ0n) is 16.0. The zero-order valence-corrected chi connectivity index (χ0v) is 16.0. The molecular weight excluding hydrogens is 334 g/mol. The van der Waals surface area contributed by atoms with Gasteiger partial charge < -0.3 is 24.6 Å². The van der Waals surface area contributed by atoms with Crippen molar-refractivity contribution in [2.24, 2.45) is 0 Å².